The van der Waals surface area contributed by atoms with Gasteiger partial charge >= 0.3 is 0 Å². The molecule has 0 amide bonds. The third-order valence-electron chi connectivity index (χ3n) is 3.27. The van der Waals surface area contributed by atoms with E-state index in [0.717, 1.165) is 16.1 Å². The van der Waals surface area contributed by atoms with Crippen LogP contribution in [0.5, 0.6) is 5.75 Å². The summed E-state index contributed by atoms with van der Waals surface area (Å²) in [6.07, 6.45) is 4.03. The molecule has 0 saturated heterocycles. The number of hydrogen-bond acceptors (Lipinski definition) is 2. The summed E-state index contributed by atoms with van der Waals surface area (Å²) < 4.78 is 6.64. The van der Waals surface area contributed by atoms with Crippen molar-refractivity contribution >= 4 is 15.9 Å². The molecular formula is C14H20BrNO. The molecule has 0 heterocycles. The lowest BCUT2D eigenvalue weighted by atomic mass is 10.0. The summed E-state index contributed by atoms with van der Waals surface area (Å²) in [5.74, 6) is 1.86. The monoisotopic (exact) mass is 297 g/mol. The number of hydrogen-bond donors (Lipinski definition) is 1. The lowest BCUT2D eigenvalue weighted by Gasteiger charge is -2.18. The number of benzene rings is 1. The zero-order valence-corrected chi connectivity index (χ0v) is 12.1. The summed E-state index contributed by atoms with van der Waals surface area (Å²) in [6, 6.07) is 6.74. The zero-order chi connectivity index (χ0) is 12.3. The summed E-state index contributed by atoms with van der Waals surface area (Å²) in [4.78, 5) is 0. The normalized spacial score (nSPS) is 16.9. The van der Waals surface area contributed by atoms with Gasteiger partial charge in [-0.2, -0.15) is 0 Å². The van der Waals surface area contributed by atoms with Gasteiger partial charge in [0.05, 0.1) is 6.61 Å². The second-order valence-corrected chi connectivity index (χ2v) is 5.49. The topological polar surface area (TPSA) is 21.3 Å². The first-order valence-electron chi connectivity index (χ1n) is 6.34. The van der Waals surface area contributed by atoms with Gasteiger partial charge in [-0.05, 0) is 44.0 Å². The summed E-state index contributed by atoms with van der Waals surface area (Å²) in [5.41, 5.74) is 1.34. The molecule has 1 saturated carbocycles. The van der Waals surface area contributed by atoms with Crippen molar-refractivity contribution in [3.05, 3.63) is 28.2 Å². The minimum atomic E-state index is 0.451. The lowest BCUT2D eigenvalue weighted by Crippen LogP contribution is -2.17. The second kappa shape index (κ2) is 5.87. The molecule has 1 aliphatic carbocycles. The Morgan fingerprint density at radius 1 is 1.47 bits per heavy atom. The van der Waals surface area contributed by atoms with Crippen LogP contribution in [0.2, 0.25) is 0 Å². The maximum atomic E-state index is 5.50. The van der Waals surface area contributed by atoms with Crippen molar-refractivity contribution < 1.29 is 4.74 Å². The molecule has 3 heteroatoms. The van der Waals surface area contributed by atoms with Crippen molar-refractivity contribution in [2.45, 2.75) is 32.2 Å². The maximum absolute atomic E-state index is 5.50. The highest BCUT2D eigenvalue weighted by atomic mass is 79.9. The van der Waals surface area contributed by atoms with Gasteiger partial charge in [-0.3, -0.25) is 0 Å². The Bertz CT molecular complexity index is 376. The average Bonchev–Trinajstić information content (AvgIpc) is 3.11. The molecule has 1 fully saturated rings. The van der Waals surface area contributed by atoms with Crippen molar-refractivity contribution in [2.24, 2.45) is 5.92 Å². The molecule has 1 aromatic carbocycles. The standard InChI is InChI=1S/C14H20BrNO/c1-3-17-11-6-7-12(13(15)9-11)14(16-2)8-10-4-5-10/h6-7,9-10,14,16H,3-5,8H2,1-2H3. The van der Waals surface area contributed by atoms with Gasteiger partial charge in [-0.1, -0.05) is 34.8 Å². The Morgan fingerprint density at radius 3 is 2.76 bits per heavy atom. The molecule has 0 aromatic heterocycles. The third kappa shape index (κ3) is 3.46. The first kappa shape index (κ1) is 12.9. The maximum Gasteiger partial charge on any atom is 0.120 e. The van der Waals surface area contributed by atoms with Crippen molar-refractivity contribution in [1.82, 2.24) is 5.32 Å². The van der Waals surface area contributed by atoms with Crippen LogP contribution in [0, 0.1) is 5.92 Å². The largest absolute Gasteiger partial charge is 0.494 e. The Hall–Kier alpha value is -0.540. The van der Waals surface area contributed by atoms with Gasteiger partial charge in [-0.15, -0.1) is 0 Å². The number of halogens is 1. The molecule has 2 rings (SSSR count). The van der Waals surface area contributed by atoms with Crippen molar-refractivity contribution in [2.75, 3.05) is 13.7 Å². The first-order chi connectivity index (χ1) is 8.24. The van der Waals surface area contributed by atoms with E-state index in [4.69, 9.17) is 4.74 Å². The lowest BCUT2D eigenvalue weighted by molar-refractivity contribution is 0.339. The van der Waals surface area contributed by atoms with Crippen LogP contribution in [0.3, 0.4) is 0 Å². The van der Waals surface area contributed by atoms with Crippen molar-refractivity contribution in [3.63, 3.8) is 0 Å². The molecule has 0 aliphatic heterocycles. The predicted octanol–water partition coefficient (Wildman–Crippen LogP) is 3.91. The fourth-order valence-electron chi connectivity index (χ4n) is 2.13. The van der Waals surface area contributed by atoms with Gasteiger partial charge in [0, 0.05) is 10.5 Å². The van der Waals surface area contributed by atoms with Crippen LogP contribution < -0.4 is 10.1 Å². The van der Waals surface area contributed by atoms with E-state index in [-0.39, 0.29) is 0 Å². The van der Waals surface area contributed by atoms with Crippen LogP contribution >= 0.6 is 15.9 Å². The molecule has 17 heavy (non-hydrogen) atoms. The summed E-state index contributed by atoms with van der Waals surface area (Å²) >= 11 is 3.65. The van der Waals surface area contributed by atoms with Crippen LogP contribution in [0.15, 0.2) is 22.7 Å². The Morgan fingerprint density at radius 2 is 2.24 bits per heavy atom. The summed E-state index contributed by atoms with van der Waals surface area (Å²) in [5, 5.41) is 3.41. The molecule has 1 aliphatic rings. The molecule has 1 atom stereocenters. The summed E-state index contributed by atoms with van der Waals surface area (Å²) in [7, 11) is 2.04. The SMILES string of the molecule is CCOc1ccc(C(CC2CC2)NC)c(Br)c1. The molecular weight excluding hydrogens is 278 g/mol. The zero-order valence-electron chi connectivity index (χ0n) is 10.5. The highest BCUT2D eigenvalue weighted by Gasteiger charge is 2.26. The minimum Gasteiger partial charge on any atom is -0.494 e. The van der Waals surface area contributed by atoms with Gasteiger partial charge in [0.25, 0.3) is 0 Å². The Balaban J connectivity index is 2.12. The second-order valence-electron chi connectivity index (χ2n) is 4.64. The van der Waals surface area contributed by atoms with E-state index in [2.05, 4.69) is 39.4 Å². The highest BCUT2D eigenvalue weighted by Crippen LogP contribution is 2.39. The smallest absolute Gasteiger partial charge is 0.120 e. The minimum absolute atomic E-state index is 0.451. The van der Waals surface area contributed by atoms with Crippen LogP contribution in [0.25, 0.3) is 0 Å². The summed E-state index contributed by atoms with van der Waals surface area (Å²) in [6.45, 7) is 2.72. The van der Waals surface area contributed by atoms with Crippen molar-refractivity contribution in [3.8, 4) is 5.75 Å². The van der Waals surface area contributed by atoms with Gasteiger partial charge in [0.2, 0.25) is 0 Å². The molecule has 0 spiro atoms. The van der Waals surface area contributed by atoms with Crippen LogP contribution in [-0.4, -0.2) is 13.7 Å². The van der Waals surface area contributed by atoms with Gasteiger partial charge < -0.3 is 10.1 Å². The van der Waals surface area contributed by atoms with Gasteiger partial charge in [-0.25, -0.2) is 0 Å². The number of ether oxygens (including phenoxy) is 1. The van der Waals surface area contributed by atoms with Crippen LogP contribution in [-0.2, 0) is 0 Å². The van der Waals surface area contributed by atoms with Gasteiger partial charge in [0.15, 0.2) is 0 Å². The molecule has 0 radical (unpaired) electrons. The molecule has 0 bridgehead atoms. The fourth-order valence-corrected chi connectivity index (χ4v) is 2.77. The molecule has 1 unspecified atom stereocenters. The predicted molar refractivity (Wildman–Crippen MR) is 74.5 cm³/mol. The van der Waals surface area contributed by atoms with E-state index in [1.165, 1.54) is 24.8 Å². The van der Waals surface area contributed by atoms with Crippen LogP contribution in [0.4, 0.5) is 0 Å². The third-order valence-corrected chi connectivity index (χ3v) is 3.96. The van der Waals surface area contributed by atoms with E-state index in [1.807, 2.05) is 14.0 Å². The number of rotatable bonds is 6. The quantitative estimate of drug-likeness (QED) is 0.860. The molecule has 2 nitrogen and oxygen atoms in total. The Labute approximate surface area is 112 Å². The Kier molecular flexibility index (Phi) is 4.46. The molecule has 1 N–H and O–H groups in total. The van der Waals surface area contributed by atoms with E-state index in [1.54, 1.807) is 0 Å². The highest BCUT2D eigenvalue weighted by molar-refractivity contribution is 9.10. The van der Waals surface area contributed by atoms with Gasteiger partial charge in [0.1, 0.15) is 5.75 Å². The average molecular weight is 298 g/mol. The van der Waals surface area contributed by atoms with E-state index >= 15 is 0 Å². The van der Waals surface area contributed by atoms with Crippen LogP contribution in [0.1, 0.15) is 37.8 Å². The molecule has 1 aromatic rings. The van der Waals surface area contributed by atoms with E-state index in [0.29, 0.717) is 12.6 Å². The first-order valence-corrected chi connectivity index (χ1v) is 7.13. The van der Waals surface area contributed by atoms with E-state index < -0.39 is 0 Å². The van der Waals surface area contributed by atoms with Crippen molar-refractivity contribution in [1.29, 1.82) is 0 Å². The fraction of sp³-hybridized carbons (Fsp3) is 0.571. The van der Waals surface area contributed by atoms with E-state index in [9.17, 15) is 0 Å². The molecule has 94 valence electrons. The number of nitrogens with one attached hydrogen (secondary N) is 1.